The average molecular weight is 231 g/mol. The Morgan fingerprint density at radius 3 is 2.33 bits per heavy atom. The van der Waals surface area contributed by atoms with E-state index in [0.717, 1.165) is 6.26 Å². The minimum absolute atomic E-state index is 0.390. The van der Waals surface area contributed by atoms with Gasteiger partial charge in [0.25, 0.3) is 0 Å². The van der Waals surface area contributed by atoms with Crippen LogP contribution in [0.5, 0.6) is 11.5 Å². The van der Waals surface area contributed by atoms with Crippen molar-refractivity contribution in [2.75, 3.05) is 25.2 Å². The molecule has 1 aromatic carbocycles. The Kier molecular flexibility index (Phi) is 3.41. The van der Waals surface area contributed by atoms with Gasteiger partial charge in [0.15, 0.2) is 0 Å². The smallest absolute Gasteiger partial charge is 0.229 e. The summed E-state index contributed by atoms with van der Waals surface area (Å²) < 4.78 is 34.4. The molecule has 5 nitrogen and oxygen atoms in total. The van der Waals surface area contributed by atoms with E-state index in [1.165, 1.54) is 14.2 Å². The molecule has 15 heavy (non-hydrogen) atoms. The minimum atomic E-state index is -3.30. The van der Waals surface area contributed by atoms with E-state index in [2.05, 4.69) is 4.72 Å². The largest absolute Gasteiger partial charge is 0.497 e. The van der Waals surface area contributed by atoms with Gasteiger partial charge in [-0.15, -0.1) is 0 Å². The van der Waals surface area contributed by atoms with Crippen molar-refractivity contribution in [3.8, 4) is 11.5 Å². The van der Waals surface area contributed by atoms with Crippen molar-refractivity contribution in [2.45, 2.75) is 0 Å². The van der Waals surface area contributed by atoms with Crippen LogP contribution in [0.3, 0.4) is 0 Å². The number of rotatable bonds is 4. The standard InChI is InChI=1S/C9H13NO4S/c1-13-7-4-5-8(9(6-7)14-2)10-15(3,11)12/h4-6,10H,1-3H3. The molecule has 0 aliphatic rings. The molecule has 1 N–H and O–H groups in total. The SMILES string of the molecule is COc1ccc(NS(C)(=O)=O)c(OC)c1. The lowest BCUT2D eigenvalue weighted by molar-refractivity contribution is 0.395. The second-order valence-electron chi connectivity index (χ2n) is 2.94. The number of anilines is 1. The fourth-order valence-corrected chi connectivity index (χ4v) is 1.65. The van der Waals surface area contributed by atoms with Crippen molar-refractivity contribution < 1.29 is 17.9 Å². The summed E-state index contributed by atoms with van der Waals surface area (Å²) in [6, 6.07) is 4.84. The lowest BCUT2D eigenvalue weighted by Gasteiger charge is -2.10. The predicted octanol–water partition coefficient (Wildman–Crippen LogP) is 1.08. The van der Waals surface area contributed by atoms with Crippen LogP contribution in [-0.4, -0.2) is 28.9 Å². The molecule has 0 aliphatic heterocycles. The van der Waals surface area contributed by atoms with E-state index in [1.54, 1.807) is 18.2 Å². The predicted molar refractivity (Wildman–Crippen MR) is 58.0 cm³/mol. The van der Waals surface area contributed by atoms with Crippen molar-refractivity contribution >= 4 is 15.7 Å². The Morgan fingerprint density at radius 1 is 1.20 bits per heavy atom. The highest BCUT2D eigenvalue weighted by Gasteiger charge is 2.08. The van der Waals surface area contributed by atoms with Crippen molar-refractivity contribution in [3.05, 3.63) is 18.2 Å². The number of benzene rings is 1. The number of nitrogens with one attached hydrogen (secondary N) is 1. The Morgan fingerprint density at radius 2 is 1.87 bits per heavy atom. The molecule has 0 atom stereocenters. The summed E-state index contributed by atoms with van der Waals surface area (Å²) in [4.78, 5) is 0. The molecule has 6 heteroatoms. The monoisotopic (exact) mass is 231 g/mol. The van der Waals surface area contributed by atoms with Gasteiger partial charge in [0.1, 0.15) is 11.5 Å². The average Bonchev–Trinajstić information content (AvgIpc) is 2.16. The van der Waals surface area contributed by atoms with Gasteiger partial charge in [-0.25, -0.2) is 8.42 Å². The van der Waals surface area contributed by atoms with Crippen LogP contribution in [0.4, 0.5) is 5.69 Å². The number of ether oxygens (including phenoxy) is 2. The first-order valence-corrected chi connectivity index (χ1v) is 6.05. The van der Waals surface area contributed by atoms with E-state index in [4.69, 9.17) is 9.47 Å². The topological polar surface area (TPSA) is 64.6 Å². The highest BCUT2D eigenvalue weighted by molar-refractivity contribution is 7.92. The lowest BCUT2D eigenvalue weighted by atomic mass is 10.3. The number of methoxy groups -OCH3 is 2. The van der Waals surface area contributed by atoms with Crippen LogP contribution in [0.1, 0.15) is 0 Å². The molecule has 1 aromatic rings. The van der Waals surface area contributed by atoms with Crippen molar-refractivity contribution in [1.82, 2.24) is 0 Å². The van der Waals surface area contributed by atoms with E-state index in [9.17, 15) is 8.42 Å². The molecule has 0 unspecified atom stereocenters. The van der Waals surface area contributed by atoms with Gasteiger partial charge in [-0.2, -0.15) is 0 Å². The Balaban J connectivity index is 3.08. The van der Waals surface area contributed by atoms with E-state index in [1.807, 2.05) is 0 Å². The molecule has 1 rings (SSSR count). The van der Waals surface area contributed by atoms with E-state index >= 15 is 0 Å². The summed E-state index contributed by atoms with van der Waals surface area (Å²) in [6.07, 6.45) is 1.08. The maximum atomic E-state index is 11.0. The van der Waals surface area contributed by atoms with Crippen LogP contribution in [0.25, 0.3) is 0 Å². The normalized spacial score (nSPS) is 10.9. The summed E-state index contributed by atoms with van der Waals surface area (Å²) in [7, 11) is -0.313. The number of hydrogen-bond donors (Lipinski definition) is 1. The molecule has 0 saturated heterocycles. The third kappa shape index (κ3) is 3.32. The van der Waals surface area contributed by atoms with Crippen LogP contribution in [-0.2, 0) is 10.0 Å². The zero-order valence-corrected chi connectivity index (χ0v) is 9.59. The summed E-state index contributed by atoms with van der Waals surface area (Å²) in [6.45, 7) is 0. The van der Waals surface area contributed by atoms with Crippen molar-refractivity contribution in [1.29, 1.82) is 0 Å². The molecule has 0 bridgehead atoms. The van der Waals surface area contributed by atoms with Gasteiger partial charge in [-0.1, -0.05) is 0 Å². The molecule has 0 radical (unpaired) electrons. The van der Waals surface area contributed by atoms with Crippen LogP contribution in [0.15, 0.2) is 18.2 Å². The molecule has 0 saturated carbocycles. The van der Waals surface area contributed by atoms with Gasteiger partial charge >= 0.3 is 0 Å². The Labute approximate surface area is 89.1 Å². The Bertz CT molecular complexity index is 441. The first kappa shape index (κ1) is 11.6. The third-order valence-electron chi connectivity index (χ3n) is 1.70. The first-order valence-electron chi connectivity index (χ1n) is 4.16. The molecule has 84 valence electrons. The molecule has 0 fully saturated rings. The van der Waals surface area contributed by atoms with Gasteiger partial charge in [0.2, 0.25) is 10.0 Å². The maximum absolute atomic E-state index is 11.0. The van der Waals surface area contributed by atoms with Crippen molar-refractivity contribution in [3.63, 3.8) is 0 Å². The molecular formula is C9H13NO4S. The van der Waals surface area contributed by atoms with Crippen LogP contribution in [0.2, 0.25) is 0 Å². The second-order valence-corrected chi connectivity index (χ2v) is 4.69. The highest BCUT2D eigenvalue weighted by Crippen LogP contribution is 2.29. The summed E-state index contributed by atoms with van der Waals surface area (Å²) in [5.74, 6) is 1.02. The van der Waals surface area contributed by atoms with E-state index in [-0.39, 0.29) is 0 Å². The van der Waals surface area contributed by atoms with Gasteiger partial charge < -0.3 is 9.47 Å². The summed E-state index contributed by atoms with van der Waals surface area (Å²) in [5.41, 5.74) is 0.390. The molecule has 0 aliphatic carbocycles. The summed E-state index contributed by atoms with van der Waals surface area (Å²) >= 11 is 0. The maximum Gasteiger partial charge on any atom is 0.229 e. The van der Waals surface area contributed by atoms with Crippen molar-refractivity contribution in [2.24, 2.45) is 0 Å². The van der Waals surface area contributed by atoms with Crippen LogP contribution < -0.4 is 14.2 Å². The summed E-state index contributed by atoms with van der Waals surface area (Å²) in [5, 5.41) is 0. The number of hydrogen-bond acceptors (Lipinski definition) is 4. The quantitative estimate of drug-likeness (QED) is 0.842. The first-order chi connectivity index (χ1) is 6.96. The highest BCUT2D eigenvalue weighted by atomic mass is 32.2. The van der Waals surface area contributed by atoms with Gasteiger partial charge in [-0.05, 0) is 12.1 Å². The Hall–Kier alpha value is -1.43. The molecule has 0 heterocycles. The zero-order chi connectivity index (χ0) is 11.5. The molecule has 0 spiro atoms. The van der Waals surface area contributed by atoms with Crippen LogP contribution >= 0.6 is 0 Å². The fourth-order valence-electron chi connectivity index (χ4n) is 1.08. The third-order valence-corrected chi connectivity index (χ3v) is 2.29. The zero-order valence-electron chi connectivity index (χ0n) is 8.77. The molecule has 0 amide bonds. The fraction of sp³-hybridized carbons (Fsp3) is 0.333. The van der Waals surface area contributed by atoms with E-state index in [0.29, 0.717) is 17.2 Å². The van der Waals surface area contributed by atoms with Gasteiger partial charge in [-0.3, -0.25) is 4.72 Å². The van der Waals surface area contributed by atoms with Gasteiger partial charge in [0, 0.05) is 6.07 Å². The lowest BCUT2D eigenvalue weighted by Crippen LogP contribution is -2.10. The second kappa shape index (κ2) is 4.39. The van der Waals surface area contributed by atoms with Crippen LogP contribution in [0, 0.1) is 0 Å². The van der Waals surface area contributed by atoms with E-state index < -0.39 is 10.0 Å². The minimum Gasteiger partial charge on any atom is -0.497 e. The molecule has 0 aromatic heterocycles. The van der Waals surface area contributed by atoms with Gasteiger partial charge in [0.05, 0.1) is 26.2 Å². The molecular weight excluding hydrogens is 218 g/mol. The number of sulfonamides is 1.